The molecule has 0 aliphatic carbocycles. The van der Waals surface area contributed by atoms with E-state index in [2.05, 4.69) is 15.4 Å². The Hall–Kier alpha value is -3.88. The average molecular weight is 429 g/mol. The van der Waals surface area contributed by atoms with Crippen LogP contribution in [0.1, 0.15) is 21.7 Å². The molecule has 31 heavy (non-hydrogen) atoms. The molecule has 0 unspecified atom stereocenters. The van der Waals surface area contributed by atoms with Crippen LogP contribution in [-0.4, -0.2) is 30.5 Å². The van der Waals surface area contributed by atoms with Crippen LogP contribution in [0.3, 0.4) is 0 Å². The van der Waals surface area contributed by atoms with Crippen LogP contribution < -0.4 is 15.4 Å². The van der Waals surface area contributed by atoms with Crippen molar-refractivity contribution < 1.29 is 27.5 Å². The first-order valence-corrected chi connectivity index (χ1v) is 9.37. The minimum atomic E-state index is -2.88. The zero-order chi connectivity index (χ0) is 22.2. The van der Waals surface area contributed by atoms with Gasteiger partial charge in [-0.3, -0.25) is 4.79 Å². The summed E-state index contributed by atoms with van der Waals surface area (Å²) in [6.45, 7) is -2.33. The van der Waals surface area contributed by atoms with Gasteiger partial charge >= 0.3 is 12.6 Å². The third-order valence-electron chi connectivity index (χ3n) is 4.29. The van der Waals surface area contributed by atoms with Gasteiger partial charge < -0.3 is 24.7 Å². The molecule has 0 spiro atoms. The van der Waals surface area contributed by atoms with E-state index in [4.69, 9.17) is 4.42 Å². The quantitative estimate of drug-likeness (QED) is 0.553. The maximum Gasteiger partial charge on any atom is 0.387 e. The molecule has 162 valence electrons. The Balaban J connectivity index is 1.50. The number of hydrogen-bond acceptors (Lipinski definition) is 4. The first kappa shape index (κ1) is 21.8. The van der Waals surface area contributed by atoms with E-state index < -0.39 is 6.61 Å². The number of urea groups is 1. The molecule has 0 fully saturated rings. The lowest BCUT2D eigenvalue weighted by Crippen LogP contribution is -2.36. The van der Waals surface area contributed by atoms with Crippen molar-refractivity contribution in [1.82, 2.24) is 10.2 Å². The number of benzene rings is 2. The summed E-state index contributed by atoms with van der Waals surface area (Å²) >= 11 is 0. The van der Waals surface area contributed by atoms with E-state index in [-0.39, 0.29) is 30.0 Å². The van der Waals surface area contributed by atoms with Crippen LogP contribution in [0.15, 0.2) is 71.3 Å². The van der Waals surface area contributed by atoms with Crippen molar-refractivity contribution in [2.45, 2.75) is 19.7 Å². The highest BCUT2D eigenvalue weighted by Crippen LogP contribution is 2.16. The van der Waals surface area contributed by atoms with Gasteiger partial charge in [0.15, 0.2) is 5.76 Å². The fraction of sp³-hybridized carbons (Fsp3) is 0.182. The smallest absolute Gasteiger partial charge is 0.387 e. The molecule has 3 amide bonds. The Bertz CT molecular complexity index is 1010. The highest BCUT2D eigenvalue weighted by atomic mass is 19.3. The molecule has 3 aromatic rings. The summed E-state index contributed by atoms with van der Waals surface area (Å²) < 4.78 is 33.8. The number of carbonyl (C=O) groups excluding carboxylic acids is 2. The number of halogens is 2. The highest BCUT2D eigenvalue weighted by molar-refractivity contribution is 6.02. The lowest BCUT2D eigenvalue weighted by molar-refractivity contribution is -0.0498. The van der Waals surface area contributed by atoms with E-state index in [1.165, 1.54) is 23.3 Å². The predicted octanol–water partition coefficient (Wildman–Crippen LogP) is 4.47. The molecule has 0 atom stereocenters. The normalized spacial score (nSPS) is 10.6. The Morgan fingerprint density at radius 1 is 1.06 bits per heavy atom. The summed E-state index contributed by atoms with van der Waals surface area (Å²) in [4.78, 5) is 25.9. The third kappa shape index (κ3) is 6.56. The number of ether oxygens (including phenoxy) is 1. The van der Waals surface area contributed by atoms with Crippen molar-refractivity contribution in [1.29, 1.82) is 0 Å². The maximum atomic E-state index is 12.4. The summed E-state index contributed by atoms with van der Waals surface area (Å²) in [6, 6.07) is 16.1. The standard InChI is InChI=1S/C22H21F2N3O4/c1-27(14-15-7-9-18(10-8-15)31-21(23)24)22(29)25-13-16-4-2-5-17(12-16)26-20(28)19-6-3-11-30-19/h2-12,21H,13-14H2,1H3,(H,25,29)(H,26,28). The fourth-order valence-corrected chi connectivity index (χ4v) is 2.79. The molecule has 1 aromatic heterocycles. The van der Waals surface area contributed by atoms with Gasteiger partial charge in [0.05, 0.1) is 6.26 Å². The largest absolute Gasteiger partial charge is 0.459 e. The molecule has 0 aliphatic heterocycles. The second-order valence-corrected chi connectivity index (χ2v) is 6.67. The minimum absolute atomic E-state index is 0.0601. The van der Waals surface area contributed by atoms with E-state index in [1.807, 2.05) is 6.07 Å². The second kappa shape index (κ2) is 10.2. The molecule has 2 aromatic carbocycles. The Morgan fingerprint density at radius 3 is 2.52 bits per heavy atom. The van der Waals surface area contributed by atoms with Gasteiger partial charge in [-0.1, -0.05) is 24.3 Å². The summed E-state index contributed by atoms with van der Waals surface area (Å²) in [5.74, 6) is -0.102. The predicted molar refractivity (Wildman–Crippen MR) is 110 cm³/mol. The molecule has 3 rings (SSSR count). The summed E-state index contributed by atoms with van der Waals surface area (Å²) in [6.07, 6.45) is 1.42. The number of furan rings is 1. The van der Waals surface area contributed by atoms with Crippen molar-refractivity contribution in [3.8, 4) is 5.75 Å². The van der Waals surface area contributed by atoms with Crippen molar-refractivity contribution in [2.75, 3.05) is 12.4 Å². The van der Waals surface area contributed by atoms with E-state index in [9.17, 15) is 18.4 Å². The molecule has 0 aliphatic rings. The number of hydrogen-bond donors (Lipinski definition) is 2. The zero-order valence-corrected chi connectivity index (χ0v) is 16.7. The van der Waals surface area contributed by atoms with Gasteiger partial charge in [-0.15, -0.1) is 0 Å². The topological polar surface area (TPSA) is 83.8 Å². The van der Waals surface area contributed by atoms with Gasteiger partial charge in [-0.05, 0) is 47.5 Å². The van der Waals surface area contributed by atoms with Crippen LogP contribution >= 0.6 is 0 Å². The fourth-order valence-electron chi connectivity index (χ4n) is 2.79. The number of alkyl halides is 2. The van der Waals surface area contributed by atoms with Crippen molar-refractivity contribution in [2.24, 2.45) is 0 Å². The minimum Gasteiger partial charge on any atom is -0.459 e. The third-order valence-corrected chi connectivity index (χ3v) is 4.29. The molecule has 0 saturated carbocycles. The van der Waals surface area contributed by atoms with Crippen molar-refractivity contribution in [3.63, 3.8) is 0 Å². The number of anilines is 1. The molecule has 1 heterocycles. The van der Waals surface area contributed by atoms with Crippen LogP contribution in [0.4, 0.5) is 19.3 Å². The molecule has 0 saturated heterocycles. The van der Waals surface area contributed by atoms with Crippen LogP contribution in [0, 0.1) is 0 Å². The Kier molecular flexibility index (Phi) is 7.21. The maximum absolute atomic E-state index is 12.4. The van der Waals surface area contributed by atoms with Crippen LogP contribution in [-0.2, 0) is 13.1 Å². The molecule has 0 bridgehead atoms. The Labute approximate surface area is 177 Å². The average Bonchev–Trinajstić information content (AvgIpc) is 3.28. The summed E-state index contributed by atoms with van der Waals surface area (Å²) in [5.41, 5.74) is 2.14. The number of nitrogens with zero attached hydrogens (tertiary/aromatic N) is 1. The Morgan fingerprint density at radius 2 is 1.84 bits per heavy atom. The lowest BCUT2D eigenvalue weighted by atomic mass is 10.2. The number of nitrogens with one attached hydrogen (secondary N) is 2. The SMILES string of the molecule is CN(Cc1ccc(OC(F)F)cc1)C(=O)NCc1cccc(NC(=O)c2ccco2)c1. The van der Waals surface area contributed by atoms with Crippen molar-refractivity contribution in [3.05, 3.63) is 83.8 Å². The van der Waals surface area contributed by atoms with Crippen LogP contribution in [0.2, 0.25) is 0 Å². The lowest BCUT2D eigenvalue weighted by Gasteiger charge is -2.18. The van der Waals surface area contributed by atoms with E-state index in [0.29, 0.717) is 12.2 Å². The first-order valence-electron chi connectivity index (χ1n) is 9.37. The molecule has 9 heteroatoms. The van der Waals surface area contributed by atoms with Gasteiger partial charge in [-0.25, -0.2) is 4.79 Å². The molecule has 2 N–H and O–H groups in total. The first-order chi connectivity index (χ1) is 14.9. The van der Waals surface area contributed by atoms with E-state index in [1.54, 1.807) is 49.5 Å². The van der Waals surface area contributed by atoms with Gasteiger partial charge in [0.25, 0.3) is 5.91 Å². The van der Waals surface area contributed by atoms with Crippen LogP contribution in [0.5, 0.6) is 5.75 Å². The molecule has 0 radical (unpaired) electrons. The van der Waals surface area contributed by atoms with Gasteiger partial charge in [0.2, 0.25) is 0 Å². The molecular weight excluding hydrogens is 408 g/mol. The van der Waals surface area contributed by atoms with Gasteiger partial charge in [0.1, 0.15) is 5.75 Å². The van der Waals surface area contributed by atoms with E-state index >= 15 is 0 Å². The highest BCUT2D eigenvalue weighted by Gasteiger charge is 2.11. The van der Waals surface area contributed by atoms with Gasteiger partial charge in [0, 0.05) is 25.8 Å². The van der Waals surface area contributed by atoms with Crippen molar-refractivity contribution >= 4 is 17.6 Å². The number of rotatable bonds is 8. The number of amides is 3. The van der Waals surface area contributed by atoms with E-state index in [0.717, 1.165) is 11.1 Å². The summed E-state index contributed by atoms with van der Waals surface area (Å²) in [7, 11) is 1.62. The van der Waals surface area contributed by atoms with Gasteiger partial charge in [-0.2, -0.15) is 8.78 Å². The second-order valence-electron chi connectivity index (χ2n) is 6.67. The molecular formula is C22H21F2N3O4. The summed E-state index contributed by atoms with van der Waals surface area (Å²) in [5, 5.41) is 5.53. The monoisotopic (exact) mass is 429 g/mol. The zero-order valence-electron chi connectivity index (χ0n) is 16.7. The molecule has 7 nitrogen and oxygen atoms in total. The number of carbonyl (C=O) groups is 2. The van der Waals surface area contributed by atoms with Crippen LogP contribution in [0.25, 0.3) is 0 Å².